The van der Waals surface area contributed by atoms with E-state index in [0.29, 0.717) is 17.5 Å². The Kier molecular flexibility index (Phi) is 5.79. The average Bonchev–Trinajstić information content (AvgIpc) is 3.27. The van der Waals surface area contributed by atoms with Crippen molar-refractivity contribution in [2.75, 3.05) is 13.1 Å². The Morgan fingerprint density at radius 3 is 2.76 bits per heavy atom. The predicted octanol–water partition coefficient (Wildman–Crippen LogP) is 2.93. The van der Waals surface area contributed by atoms with E-state index >= 15 is 0 Å². The molecule has 1 fully saturated rings. The highest BCUT2D eigenvalue weighted by Crippen LogP contribution is 2.22. The molecule has 0 atom stereocenters. The first-order chi connectivity index (χ1) is 16.1. The number of hydrogen-bond acceptors (Lipinski definition) is 4. The molecule has 0 unspecified atom stereocenters. The van der Waals surface area contributed by atoms with Crippen LogP contribution in [0, 0.1) is 0 Å². The molecule has 1 aliphatic rings. The maximum atomic E-state index is 13.1. The van der Waals surface area contributed by atoms with Crippen molar-refractivity contribution in [3.05, 3.63) is 88.5 Å². The van der Waals surface area contributed by atoms with Gasteiger partial charge in [0.1, 0.15) is 0 Å². The third-order valence-corrected chi connectivity index (χ3v) is 6.31. The predicted molar refractivity (Wildman–Crippen MR) is 129 cm³/mol. The van der Waals surface area contributed by atoms with E-state index < -0.39 is 0 Å². The van der Waals surface area contributed by atoms with Crippen LogP contribution in [0.4, 0.5) is 0 Å². The van der Waals surface area contributed by atoms with Crippen molar-refractivity contribution >= 4 is 16.7 Å². The highest BCUT2D eigenvalue weighted by molar-refractivity contribution is 5.94. The Labute approximate surface area is 192 Å². The summed E-state index contributed by atoms with van der Waals surface area (Å²) in [7, 11) is 1.90. The third-order valence-electron chi connectivity index (χ3n) is 6.31. The van der Waals surface area contributed by atoms with Crippen molar-refractivity contribution in [2.24, 2.45) is 7.05 Å². The molecule has 2 N–H and O–H groups in total. The fourth-order valence-corrected chi connectivity index (χ4v) is 4.47. The van der Waals surface area contributed by atoms with Crippen molar-refractivity contribution in [1.29, 1.82) is 0 Å². The molecule has 0 aliphatic carbocycles. The molecule has 1 amide bonds. The number of carbonyl (C=O) groups excluding carboxylic acids is 1. The van der Waals surface area contributed by atoms with Crippen molar-refractivity contribution in [3.8, 4) is 11.3 Å². The molecule has 1 aliphatic heterocycles. The number of nitrogens with zero attached hydrogens (tertiary/aromatic N) is 3. The van der Waals surface area contributed by atoms with E-state index in [2.05, 4.69) is 15.7 Å². The number of benzene rings is 2. The zero-order chi connectivity index (χ0) is 22.8. The molecule has 33 heavy (non-hydrogen) atoms. The summed E-state index contributed by atoms with van der Waals surface area (Å²) in [4.78, 5) is 25.8. The molecule has 7 heteroatoms. The molecular formula is C26H27N5O2. The molecule has 7 nitrogen and oxygen atoms in total. The smallest absolute Gasteiger partial charge is 0.258 e. The minimum Gasteiger partial charge on any atom is -0.349 e. The van der Waals surface area contributed by atoms with E-state index in [1.54, 1.807) is 10.8 Å². The number of piperidine rings is 1. The minimum atomic E-state index is -0.0581. The summed E-state index contributed by atoms with van der Waals surface area (Å²) in [6.45, 7) is 2.27. The van der Waals surface area contributed by atoms with Crippen LogP contribution in [-0.2, 0) is 13.6 Å². The van der Waals surface area contributed by atoms with Crippen LogP contribution in [0.5, 0.6) is 0 Å². The SMILES string of the molecule is Cn1nccc1-c1ccc2c(=O)n(Cc3cccc(C(=O)NC4CCNCC4)c3)ccc2c1. The van der Waals surface area contributed by atoms with E-state index in [-0.39, 0.29) is 17.5 Å². The normalized spacial score (nSPS) is 14.5. The number of aryl methyl sites for hydroxylation is 1. The van der Waals surface area contributed by atoms with Gasteiger partial charge in [-0.3, -0.25) is 14.3 Å². The maximum absolute atomic E-state index is 13.1. The molecule has 2 aromatic carbocycles. The molecule has 168 valence electrons. The van der Waals surface area contributed by atoms with Crippen LogP contribution >= 0.6 is 0 Å². The number of aromatic nitrogens is 3. The topological polar surface area (TPSA) is 81.0 Å². The number of pyridine rings is 1. The molecule has 4 aromatic rings. The summed E-state index contributed by atoms with van der Waals surface area (Å²) < 4.78 is 3.51. The van der Waals surface area contributed by atoms with E-state index in [9.17, 15) is 9.59 Å². The van der Waals surface area contributed by atoms with Crippen molar-refractivity contribution in [3.63, 3.8) is 0 Å². The Morgan fingerprint density at radius 1 is 1.12 bits per heavy atom. The fraction of sp³-hybridized carbons (Fsp3) is 0.269. The van der Waals surface area contributed by atoms with Crippen LogP contribution in [0.2, 0.25) is 0 Å². The summed E-state index contributed by atoms with van der Waals surface area (Å²) in [5.41, 5.74) is 3.52. The van der Waals surface area contributed by atoms with Crippen molar-refractivity contribution in [2.45, 2.75) is 25.4 Å². The minimum absolute atomic E-state index is 0.0476. The summed E-state index contributed by atoms with van der Waals surface area (Å²) in [5, 5.41) is 12.2. The molecule has 0 spiro atoms. The number of nitrogens with one attached hydrogen (secondary N) is 2. The summed E-state index contributed by atoms with van der Waals surface area (Å²) in [6.07, 6.45) is 5.47. The Bertz CT molecular complexity index is 1360. The molecule has 2 aromatic heterocycles. The first kappa shape index (κ1) is 21.2. The van der Waals surface area contributed by atoms with Crippen molar-refractivity contribution in [1.82, 2.24) is 25.0 Å². The monoisotopic (exact) mass is 441 g/mol. The number of carbonyl (C=O) groups is 1. The van der Waals surface area contributed by atoms with Gasteiger partial charge in [0.15, 0.2) is 0 Å². The standard InChI is InChI=1S/C26H27N5O2/c1-30-24(9-13-28-30)20-5-6-23-19(16-20)10-14-31(26(23)33)17-18-3-2-4-21(15-18)25(32)29-22-7-11-27-12-8-22/h2-6,9-10,13-16,22,27H,7-8,11-12,17H2,1H3,(H,29,32). The van der Waals surface area contributed by atoms with Gasteiger partial charge in [0.05, 0.1) is 12.2 Å². The average molecular weight is 442 g/mol. The number of hydrogen-bond donors (Lipinski definition) is 2. The highest BCUT2D eigenvalue weighted by atomic mass is 16.1. The van der Waals surface area contributed by atoms with Gasteiger partial charge in [0.25, 0.3) is 11.5 Å². The summed E-state index contributed by atoms with van der Waals surface area (Å²) in [6, 6.07) is 17.5. The second-order valence-electron chi connectivity index (χ2n) is 8.59. The van der Waals surface area contributed by atoms with Crippen LogP contribution in [0.1, 0.15) is 28.8 Å². The lowest BCUT2D eigenvalue weighted by Crippen LogP contribution is -2.42. The summed E-state index contributed by atoms with van der Waals surface area (Å²) in [5.74, 6) is -0.0581. The van der Waals surface area contributed by atoms with E-state index in [4.69, 9.17) is 0 Å². The number of fused-ring (bicyclic) bond motifs is 1. The van der Waals surface area contributed by atoms with Gasteiger partial charge in [-0.25, -0.2) is 0 Å². The fourth-order valence-electron chi connectivity index (χ4n) is 4.47. The van der Waals surface area contributed by atoms with Gasteiger partial charge in [-0.05, 0) is 73.3 Å². The second kappa shape index (κ2) is 9.03. The number of rotatable bonds is 5. The van der Waals surface area contributed by atoms with Gasteiger partial charge >= 0.3 is 0 Å². The molecular weight excluding hydrogens is 414 g/mol. The van der Waals surface area contributed by atoms with Crippen LogP contribution < -0.4 is 16.2 Å². The largest absolute Gasteiger partial charge is 0.349 e. The highest BCUT2D eigenvalue weighted by Gasteiger charge is 2.16. The van der Waals surface area contributed by atoms with Gasteiger partial charge in [0, 0.05) is 42.0 Å². The van der Waals surface area contributed by atoms with Gasteiger partial charge in [-0.2, -0.15) is 5.10 Å². The Hall–Kier alpha value is -3.71. The maximum Gasteiger partial charge on any atom is 0.258 e. The van der Waals surface area contributed by atoms with Gasteiger partial charge in [-0.15, -0.1) is 0 Å². The van der Waals surface area contributed by atoms with Crippen LogP contribution in [0.15, 0.2) is 71.8 Å². The molecule has 0 saturated carbocycles. The van der Waals surface area contributed by atoms with Gasteiger partial charge < -0.3 is 15.2 Å². The quantitative estimate of drug-likeness (QED) is 0.499. The molecule has 0 bridgehead atoms. The van der Waals surface area contributed by atoms with E-state index in [1.807, 2.05) is 72.5 Å². The van der Waals surface area contributed by atoms with E-state index in [0.717, 1.165) is 48.1 Å². The zero-order valence-corrected chi connectivity index (χ0v) is 18.6. The van der Waals surface area contributed by atoms with Gasteiger partial charge in [0.2, 0.25) is 0 Å². The first-order valence-corrected chi connectivity index (χ1v) is 11.3. The molecule has 1 saturated heterocycles. The molecule has 5 rings (SSSR count). The summed E-state index contributed by atoms with van der Waals surface area (Å²) >= 11 is 0. The van der Waals surface area contributed by atoms with Crippen LogP contribution in [0.3, 0.4) is 0 Å². The lowest BCUT2D eigenvalue weighted by atomic mass is 10.0. The molecule has 0 radical (unpaired) electrons. The van der Waals surface area contributed by atoms with Gasteiger partial charge in [-0.1, -0.05) is 18.2 Å². The lowest BCUT2D eigenvalue weighted by molar-refractivity contribution is 0.0929. The van der Waals surface area contributed by atoms with Crippen molar-refractivity contribution < 1.29 is 4.79 Å². The zero-order valence-electron chi connectivity index (χ0n) is 18.6. The van der Waals surface area contributed by atoms with E-state index in [1.165, 1.54) is 0 Å². The second-order valence-corrected chi connectivity index (χ2v) is 8.59. The van der Waals surface area contributed by atoms with Crippen LogP contribution in [0.25, 0.3) is 22.0 Å². The number of amides is 1. The molecule has 3 heterocycles. The Balaban J connectivity index is 1.37. The first-order valence-electron chi connectivity index (χ1n) is 11.3. The van der Waals surface area contributed by atoms with Crippen LogP contribution in [-0.4, -0.2) is 39.4 Å². The Morgan fingerprint density at radius 2 is 1.97 bits per heavy atom. The third kappa shape index (κ3) is 4.45. The lowest BCUT2D eigenvalue weighted by Gasteiger charge is -2.23.